The standard InChI is InChI=1S/C30H29ClN6O2/c1-19-25(16-22(31)17-32-19)29(38)34-23-10-6-20(7-11-23)18-36-27-4-2-3-5-28(27)37(30(36)39)24-12-8-21(9-13-24)26-14-15-33-35-26/h2-5,8-9,12-17,20,23H,6-7,10-11,18H2,1H3,(H,33,35)(H,34,38). The molecular weight excluding hydrogens is 512 g/mol. The Balaban J connectivity index is 1.18. The highest BCUT2D eigenvalue weighted by Crippen LogP contribution is 2.28. The lowest BCUT2D eigenvalue weighted by Gasteiger charge is -2.29. The van der Waals surface area contributed by atoms with Gasteiger partial charge in [-0.15, -0.1) is 0 Å². The van der Waals surface area contributed by atoms with Gasteiger partial charge in [0.25, 0.3) is 5.91 Å². The van der Waals surface area contributed by atoms with Crippen LogP contribution in [0.25, 0.3) is 28.0 Å². The molecule has 3 heterocycles. The van der Waals surface area contributed by atoms with E-state index >= 15 is 0 Å². The Morgan fingerprint density at radius 2 is 1.79 bits per heavy atom. The van der Waals surface area contributed by atoms with Crippen molar-refractivity contribution in [2.75, 3.05) is 0 Å². The van der Waals surface area contributed by atoms with Crippen LogP contribution in [0.4, 0.5) is 0 Å². The molecule has 0 spiro atoms. The maximum absolute atomic E-state index is 13.7. The van der Waals surface area contributed by atoms with Crippen molar-refractivity contribution < 1.29 is 4.79 Å². The van der Waals surface area contributed by atoms with Crippen molar-refractivity contribution in [3.63, 3.8) is 0 Å². The lowest BCUT2D eigenvalue weighted by molar-refractivity contribution is 0.0919. The van der Waals surface area contributed by atoms with Crippen molar-refractivity contribution in [3.8, 4) is 16.9 Å². The second kappa shape index (κ2) is 10.5. The van der Waals surface area contributed by atoms with Crippen LogP contribution in [0.5, 0.6) is 0 Å². The number of fused-ring (bicyclic) bond motifs is 1. The molecule has 5 aromatic rings. The Morgan fingerprint density at radius 3 is 2.51 bits per heavy atom. The number of nitrogens with zero attached hydrogens (tertiary/aromatic N) is 4. The number of para-hydroxylation sites is 2. The van der Waals surface area contributed by atoms with E-state index < -0.39 is 0 Å². The van der Waals surface area contributed by atoms with Gasteiger partial charge in [0.15, 0.2) is 0 Å². The maximum atomic E-state index is 13.7. The van der Waals surface area contributed by atoms with Crippen molar-refractivity contribution >= 4 is 28.5 Å². The smallest absolute Gasteiger partial charge is 0.333 e. The molecular formula is C30H29ClN6O2. The molecule has 1 fully saturated rings. The summed E-state index contributed by atoms with van der Waals surface area (Å²) in [7, 11) is 0. The first-order valence-electron chi connectivity index (χ1n) is 13.2. The van der Waals surface area contributed by atoms with Gasteiger partial charge in [0.1, 0.15) is 0 Å². The van der Waals surface area contributed by atoms with E-state index in [1.54, 1.807) is 23.0 Å². The first-order valence-corrected chi connectivity index (χ1v) is 13.6. The fourth-order valence-electron chi connectivity index (χ4n) is 5.59. The van der Waals surface area contributed by atoms with Gasteiger partial charge in [-0.05, 0) is 80.5 Å². The minimum absolute atomic E-state index is 0.0372. The van der Waals surface area contributed by atoms with Crippen molar-refractivity contribution in [2.45, 2.75) is 45.2 Å². The Labute approximate surface area is 230 Å². The molecule has 0 saturated heterocycles. The minimum atomic E-state index is -0.135. The van der Waals surface area contributed by atoms with Crippen LogP contribution >= 0.6 is 11.6 Å². The molecule has 2 aromatic carbocycles. The SMILES string of the molecule is Cc1ncc(Cl)cc1C(=O)NC1CCC(Cn2c(=O)n(-c3ccc(-c4ccn[nH]4)cc3)c3ccccc32)CC1. The molecule has 1 saturated carbocycles. The van der Waals surface area contributed by atoms with E-state index in [-0.39, 0.29) is 17.6 Å². The van der Waals surface area contributed by atoms with Crippen molar-refractivity contribution in [1.82, 2.24) is 29.6 Å². The first-order chi connectivity index (χ1) is 19.0. The zero-order valence-corrected chi connectivity index (χ0v) is 22.4. The quantitative estimate of drug-likeness (QED) is 0.296. The molecule has 9 heteroatoms. The van der Waals surface area contributed by atoms with E-state index in [0.717, 1.165) is 53.7 Å². The number of carbonyl (C=O) groups excluding carboxylic acids is 1. The van der Waals surface area contributed by atoms with Gasteiger partial charge in [0, 0.05) is 25.0 Å². The number of imidazole rings is 1. The number of nitrogens with one attached hydrogen (secondary N) is 2. The summed E-state index contributed by atoms with van der Waals surface area (Å²) in [6.45, 7) is 2.46. The van der Waals surface area contributed by atoms with Gasteiger partial charge in [-0.2, -0.15) is 5.10 Å². The molecule has 3 aromatic heterocycles. The highest BCUT2D eigenvalue weighted by Gasteiger charge is 2.25. The minimum Gasteiger partial charge on any atom is -0.349 e. The second-order valence-electron chi connectivity index (χ2n) is 10.2. The van der Waals surface area contributed by atoms with Crippen LogP contribution in [0.3, 0.4) is 0 Å². The number of hydrogen-bond acceptors (Lipinski definition) is 4. The molecule has 198 valence electrons. The lowest BCUT2D eigenvalue weighted by Crippen LogP contribution is -2.39. The van der Waals surface area contributed by atoms with Gasteiger partial charge < -0.3 is 5.32 Å². The number of aromatic nitrogens is 5. The number of pyridine rings is 1. The average Bonchev–Trinajstić information content (AvgIpc) is 3.58. The molecule has 0 unspecified atom stereocenters. The zero-order chi connectivity index (χ0) is 26.9. The largest absolute Gasteiger partial charge is 0.349 e. The van der Waals surface area contributed by atoms with E-state index in [1.807, 2.05) is 66.1 Å². The molecule has 6 rings (SSSR count). The number of carbonyl (C=O) groups is 1. The zero-order valence-electron chi connectivity index (χ0n) is 21.6. The van der Waals surface area contributed by atoms with Gasteiger partial charge in [0.2, 0.25) is 0 Å². The second-order valence-corrected chi connectivity index (χ2v) is 10.6. The summed E-state index contributed by atoms with van der Waals surface area (Å²) in [5.41, 5.74) is 5.74. The predicted molar refractivity (Wildman–Crippen MR) is 152 cm³/mol. The number of H-pyrrole nitrogens is 1. The van der Waals surface area contributed by atoms with Crippen molar-refractivity contribution in [2.24, 2.45) is 5.92 Å². The van der Waals surface area contributed by atoms with E-state index in [0.29, 0.717) is 28.7 Å². The molecule has 0 atom stereocenters. The van der Waals surface area contributed by atoms with Gasteiger partial charge in [-0.3, -0.25) is 24.0 Å². The average molecular weight is 541 g/mol. The van der Waals surface area contributed by atoms with Gasteiger partial charge in [-0.1, -0.05) is 35.9 Å². The van der Waals surface area contributed by atoms with Crippen LogP contribution in [0.2, 0.25) is 5.02 Å². The summed E-state index contributed by atoms with van der Waals surface area (Å²) < 4.78 is 3.70. The van der Waals surface area contributed by atoms with E-state index in [9.17, 15) is 9.59 Å². The van der Waals surface area contributed by atoms with E-state index in [2.05, 4.69) is 20.5 Å². The van der Waals surface area contributed by atoms with E-state index in [1.165, 1.54) is 0 Å². The lowest BCUT2D eigenvalue weighted by atomic mass is 9.85. The third-order valence-electron chi connectivity index (χ3n) is 7.69. The Kier molecular flexibility index (Phi) is 6.79. The topological polar surface area (TPSA) is 97.6 Å². The summed E-state index contributed by atoms with van der Waals surface area (Å²) in [5, 5.41) is 10.6. The molecule has 1 amide bonds. The summed E-state index contributed by atoms with van der Waals surface area (Å²) >= 11 is 6.05. The van der Waals surface area contributed by atoms with Gasteiger partial charge in [-0.25, -0.2) is 4.79 Å². The number of halogens is 1. The molecule has 39 heavy (non-hydrogen) atoms. The van der Waals surface area contributed by atoms with Crippen LogP contribution in [-0.2, 0) is 6.54 Å². The first kappa shape index (κ1) is 25.1. The number of hydrogen-bond donors (Lipinski definition) is 2. The molecule has 0 bridgehead atoms. The summed E-state index contributed by atoms with van der Waals surface area (Å²) in [6.07, 6.45) is 6.87. The Morgan fingerprint density at radius 1 is 1.05 bits per heavy atom. The molecule has 0 aliphatic heterocycles. The van der Waals surface area contributed by atoms with E-state index in [4.69, 9.17) is 11.6 Å². The summed E-state index contributed by atoms with van der Waals surface area (Å²) in [6, 6.07) is 19.6. The number of amides is 1. The normalized spacial score (nSPS) is 17.4. The third-order valence-corrected chi connectivity index (χ3v) is 7.90. The summed E-state index contributed by atoms with van der Waals surface area (Å²) in [4.78, 5) is 30.7. The van der Waals surface area contributed by atoms with Crippen molar-refractivity contribution in [3.05, 3.63) is 99.8 Å². The van der Waals surface area contributed by atoms with Crippen molar-refractivity contribution in [1.29, 1.82) is 0 Å². The van der Waals surface area contributed by atoms with Crippen LogP contribution < -0.4 is 11.0 Å². The third kappa shape index (κ3) is 5.00. The number of rotatable bonds is 6. The van der Waals surface area contributed by atoms with Crippen LogP contribution in [0.1, 0.15) is 41.7 Å². The van der Waals surface area contributed by atoms with Crippen LogP contribution in [0.15, 0.2) is 77.9 Å². The molecule has 2 N–H and O–H groups in total. The summed E-state index contributed by atoms with van der Waals surface area (Å²) in [5.74, 6) is 0.219. The van der Waals surface area contributed by atoms with Crippen LogP contribution in [-0.4, -0.2) is 36.3 Å². The Bertz CT molecular complexity index is 1680. The molecule has 0 radical (unpaired) electrons. The highest BCUT2D eigenvalue weighted by molar-refractivity contribution is 6.30. The Hall–Kier alpha value is -4.17. The highest BCUT2D eigenvalue weighted by atomic mass is 35.5. The van der Waals surface area contributed by atoms with Crippen LogP contribution in [0, 0.1) is 12.8 Å². The predicted octanol–water partition coefficient (Wildman–Crippen LogP) is 5.53. The number of aromatic amines is 1. The van der Waals surface area contributed by atoms with Gasteiger partial charge >= 0.3 is 5.69 Å². The maximum Gasteiger partial charge on any atom is 0.333 e. The number of benzene rings is 2. The molecule has 1 aliphatic carbocycles. The van der Waals surface area contributed by atoms with Gasteiger partial charge in [0.05, 0.1) is 38.7 Å². The number of aryl methyl sites for hydroxylation is 1. The molecule has 1 aliphatic rings. The molecule has 8 nitrogen and oxygen atoms in total. The fraction of sp³-hybridized carbons (Fsp3) is 0.267. The monoisotopic (exact) mass is 540 g/mol. The fourth-order valence-corrected chi connectivity index (χ4v) is 5.75.